The lowest BCUT2D eigenvalue weighted by Gasteiger charge is -2.18. The summed E-state index contributed by atoms with van der Waals surface area (Å²) in [4.78, 5) is 26.9. The van der Waals surface area contributed by atoms with Gasteiger partial charge in [-0.3, -0.25) is 4.79 Å². The number of carbonyl (C=O) groups excluding carboxylic acids is 1. The number of hydrogen-bond acceptors (Lipinski definition) is 6. The fourth-order valence-corrected chi connectivity index (χ4v) is 3.14. The summed E-state index contributed by atoms with van der Waals surface area (Å²) >= 11 is 0. The van der Waals surface area contributed by atoms with Crippen LogP contribution in [0.2, 0.25) is 0 Å². The van der Waals surface area contributed by atoms with E-state index in [-0.39, 0.29) is 5.56 Å². The number of nitrogen functional groups attached to an aromatic ring is 1. The SMILES string of the molecule is CCc1ncnc(-c2ccc(C(=O)N(C)CCOC)c(F)c2)c1-c1ccc(N)nc1. The third kappa shape index (κ3) is 4.44. The van der Waals surface area contributed by atoms with Gasteiger partial charge in [0, 0.05) is 43.6 Å². The summed E-state index contributed by atoms with van der Waals surface area (Å²) in [5.41, 5.74) is 9.19. The molecule has 0 saturated heterocycles. The maximum absolute atomic E-state index is 14.9. The number of halogens is 1. The summed E-state index contributed by atoms with van der Waals surface area (Å²) < 4.78 is 19.9. The maximum Gasteiger partial charge on any atom is 0.256 e. The molecule has 0 radical (unpaired) electrons. The molecule has 30 heavy (non-hydrogen) atoms. The molecule has 2 aromatic heterocycles. The molecule has 0 aliphatic carbocycles. The van der Waals surface area contributed by atoms with E-state index < -0.39 is 11.7 Å². The van der Waals surface area contributed by atoms with Gasteiger partial charge in [0.25, 0.3) is 5.91 Å². The quantitative estimate of drug-likeness (QED) is 0.644. The highest BCUT2D eigenvalue weighted by Crippen LogP contribution is 2.33. The van der Waals surface area contributed by atoms with Crippen molar-refractivity contribution in [3.8, 4) is 22.4 Å². The summed E-state index contributed by atoms with van der Waals surface area (Å²) in [6.07, 6.45) is 3.77. The Bertz CT molecular complexity index is 1040. The first-order valence-electron chi connectivity index (χ1n) is 9.56. The van der Waals surface area contributed by atoms with Gasteiger partial charge in [-0.1, -0.05) is 13.0 Å². The predicted octanol–water partition coefficient (Wildman–Crippen LogP) is 3.21. The zero-order valence-corrected chi connectivity index (χ0v) is 17.2. The number of carbonyl (C=O) groups is 1. The van der Waals surface area contributed by atoms with Crippen LogP contribution in [-0.2, 0) is 11.2 Å². The molecule has 0 bridgehead atoms. The van der Waals surface area contributed by atoms with E-state index >= 15 is 0 Å². The van der Waals surface area contributed by atoms with Crippen LogP contribution in [0.1, 0.15) is 23.0 Å². The first kappa shape index (κ1) is 21.3. The molecule has 0 aliphatic rings. The number of ether oxygens (including phenoxy) is 1. The van der Waals surface area contributed by atoms with Crippen LogP contribution in [0.3, 0.4) is 0 Å². The second kappa shape index (κ2) is 9.41. The molecule has 3 aromatic rings. The second-order valence-corrected chi connectivity index (χ2v) is 6.78. The molecule has 0 unspecified atom stereocenters. The van der Waals surface area contributed by atoms with Gasteiger partial charge in [-0.25, -0.2) is 19.3 Å². The lowest BCUT2D eigenvalue weighted by molar-refractivity contribution is 0.0739. The predicted molar refractivity (Wildman–Crippen MR) is 113 cm³/mol. The monoisotopic (exact) mass is 409 g/mol. The molecule has 0 atom stereocenters. The molecule has 2 N–H and O–H groups in total. The van der Waals surface area contributed by atoms with E-state index in [4.69, 9.17) is 10.5 Å². The average Bonchev–Trinajstić information content (AvgIpc) is 2.77. The number of nitrogens with two attached hydrogens (primary N) is 1. The molecule has 1 amide bonds. The molecule has 2 heterocycles. The van der Waals surface area contributed by atoms with Crippen LogP contribution in [0.5, 0.6) is 0 Å². The highest BCUT2D eigenvalue weighted by molar-refractivity contribution is 5.95. The minimum atomic E-state index is -0.611. The van der Waals surface area contributed by atoms with E-state index in [1.165, 1.54) is 23.4 Å². The Kier molecular flexibility index (Phi) is 6.68. The van der Waals surface area contributed by atoms with Crippen LogP contribution in [0, 0.1) is 5.82 Å². The standard InChI is InChI=1S/C22H24FN5O2/c1-4-18-20(15-6-8-19(24)25-12-15)21(27-13-26-18)14-5-7-16(17(23)11-14)22(29)28(2)9-10-30-3/h5-8,11-13H,4,9-10H2,1-3H3,(H2,24,25). The minimum absolute atomic E-state index is 0.00201. The van der Waals surface area contributed by atoms with Gasteiger partial charge in [-0.15, -0.1) is 0 Å². The number of benzene rings is 1. The number of hydrogen-bond donors (Lipinski definition) is 1. The fourth-order valence-electron chi connectivity index (χ4n) is 3.14. The molecular formula is C22H24FN5O2. The van der Waals surface area contributed by atoms with Crippen molar-refractivity contribution >= 4 is 11.7 Å². The van der Waals surface area contributed by atoms with Crippen molar-refractivity contribution in [2.45, 2.75) is 13.3 Å². The lowest BCUT2D eigenvalue weighted by atomic mass is 9.97. The van der Waals surface area contributed by atoms with E-state index in [9.17, 15) is 9.18 Å². The Morgan fingerprint density at radius 2 is 1.93 bits per heavy atom. The smallest absolute Gasteiger partial charge is 0.256 e. The van der Waals surface area contributed by atoms with Crippen LogP contribution in [0.4, 0.5) is 10.2 Å². The first-order chi connectivity index (χ1) is 14.5. The number of methoxy groups -OCH3 is 1. The van der Waals surface area contributed by atoms with E-state index in [1.54, 1.807) is 32.5 Å². The molecule has 0 saturated carbocycles. The van der Waals surface area contributed by atoms with Crippen molar-refractivity contribution in [1.29, 1.82) is 0 Å². The Labute approximate surface area is 174 Å². The van der Waals surface area contributed by atoms with Crippen LogP contribution < -0.4 is 5.73 Å². The molecule has 0 fully saturated rings. The summed E-state index contributed by atoms with van der Waals surface area (Å²) in [5.74, 6) is -0.613. The molecule has 8 heteroatoms. The summed E-state index contributed by atoms with van der Waals surface area (Å²) in [6, 6.07) is 8.03. The first-order valence-corrected chi connectivity index (χ1v) is 9.56. The molecule has 3 rings (SSSR count). The molecule has 7 nitrogen and oxygen atoms in total. The number of aromatic nitrogens is 3. The Hall–Kier alpha value is -3.39. The van der Waals surface area contributed by atoms with Crippen molar-refractivity contribution in [3.05, 3.63) is 59.9 Å². The Balaban J connectivity index is 2.03. The van der Waals surface area contributed by atoms with Gasteiger partial charge in [0.2, 0.25) is 0 Å². The van der Waals surface area contributed by atoms with Crippen molar-refractivity contribution in [2.75, 3.05) is 33.0 Å². The fraction of sp³-hybridized carbons (Fsp3) is 0.273. The zero-order valence-electron chi connectivity index (χ0n) is 17.2. The normalized spacial score (nSPS) is 10.8. The molecular weight excluding hydrogens is 385 g/mol. The van der Waals surface area contributed by atoms with Crippen LogP contribution >= 0.6 is 0 Å². The van der Waals surface area contributed by atoms with Crippen molar-refractivity contribution in [1.82, 2.24) is 19.9 Å². The number of pyridine rings is 1. The van der Waals surface area contributed by atoms with E-state index in [0.29, 0.717) is 36.6 Å². The Morgan fingerprint density at radius 1 is 1.17 bits per heavy atom. The second-order valence-electron chi connectivity index (χ2n) is 6.78. The topological polar surface area (TPSA) is 94.2 Å². The van der Waals surface area contributed by atoms with Gasteiger partial charge in [0.05, 0.1) is 23.6 Å². The van der Waals surface area contributed by atoms with Crippen molar-refractivity contribution < 1.29 is 13.9 Å². The van der Waals surface area contributed by atoms with E-state index in [0.717, 1.165) is 16.8 Å². The molecule has 0 spiro atoms. The average molecular weight is 409 g/mol. The summed E-state index contributed by atoms with van der Waals surface area (Å²) in [5, 5.41) is 0. The minimum Gasteiger partial charge on any atom is -0.384 e. The zero-order chi connectivity index (χ0) is 21.7. The summed E-state index contributed by atoms with van der Waals surface area (Å²) in [6.45, 7) is 2.73. The van der Waals surface area contributed by atoms with Gasteiger partial charge in [-0.05, 0) is 30.7 Å². The third-order valence-electron chi connectivity index (χ3n) is 4.79. The van der Waals surface area contributed by atoms with E-state index in [2.05, 4.69) is 15.0 Å². The number of likely N-dealkylation sites (N-methyl/N-ethyl adjacent to an activating group) is 1. The van der Waals surface area contributed by atoms with Gasteiger partial charge in [0.1, 0.15) is 18.0 Å². The lowest BCUT2D eigenvalue weighted by Crippen LogP contribution is -2.30. The van der Waals surface area contributed by atoms with Gasteiger partial charge in [0.15, 0.2) is 0 Å². The highest BCUT2D eigenvalue weighted by atomic mass is 19.1. The van der Waals surface area contributed by atoms with Crippen molar-refractivity contribution in [3.63, 3.8) is 0 Å². The number of nitrogens with zero attached hydrogens (tertiary/aromatic N) is 4. The van der Waals surface area contributed by atoms with Crippen molar-refractivity contribution in [2.24, 2.45) is 0 Å². The van der Waals surface area contributed by atoms with Gasteiger partial charge in [-0.2, -0.15) is 0 Å². The van der Waals surface area contributed by atoms with E-state index in [1.807, 2.05) is 13.0 Å². The maximum atomic E-state index is 14.9. The van der Waals surface area contributed by atoms with Crippen LogP contribution in [0.25, 0.3) is 22.4 Å². The molecule has 1 aromatic carbocycles. The van der Waals surface area contributed by atoms with Gasteiger partial charge >= 0.3 is 0 Å². The third-order valence-corrected chi connectivity index (χ3v) is 4.79. The highest BCUT2D eigenvalue weighted by Gasteiger charge is 2.19. The largest absolute Gasteiger partial charge is 0.384 e. The van der Waals surface area contributed by atoms with Crippen LogP contribution in [-0.4, -0.2) is 53.1 Å². The molecule has 0 aliphatic heterocycles. The summed E-state index contributed by atoms with van der Waals surface area (Å²) in [7, 11) is 3.16. The number of rotatable bonds is 7. The number of aryl methyl sites for hydroxylation is 1. The molecule has 156 valence electrons. The van der Waals surface area contributed by atoms with Gasteiger partial charge < -0.3 is 15.4 Å². The Morgan fingerprint density at radius 3 is 2.57 bits per heavy atom. The van der Waals surface area contributed by atoms with Crippen LogP contribution in [0.15, 0.2) is 42.9 Å². The number of amides is 1. The number of anilines is 1.